The van der Waals surface area contributed by atoms with Gasteiger partial charge in [-0.05, 0) is 81.6 Å². The van der Waals surface area contributed by atoms with Gasteiger partial charge in [0.2, 0.25) is 4.77 Å². The Kier molecular flexibility index (Phi) is 7.01. The molecular formula is C38H36N4O3S. The van der Waals surface area contributed by atoms with E-state index in [2.05, 4.69) is 30.0 Å². The van der Waals surface area contributed by atoms with Gasteiger partial charge in [-0.2, -0.15) is 9.50 Å². The normalized spacial score (nSPS) is 13.8. The number of carbonyl (C=O) groups excluding carboxylic acids is 2. The second-order valence-electron chi connectivity index (χ2n) is 13.0. The van der Waals surface area contributed by atoms with Crippen molar-refractivity contribution in [2.24, 2.45) is 0 Å². The first-order valence-electron chi connectivity index (χ1n) is 16.8. The molecule has 0 spiro atoms. The number of carbonyl (C=O) groups is 2. The molecule has 2 aromatic heterocycles. The molecule has 1 aliphatic heterocycles. The van der Waals surface area contributed by atoms with Crippen molar-refractivity contribution in [3.63, 3.8) is 0 Å². The van der Waals surface area contributed by atoms with Crippen molar-refractivity contribution in [2.45, 2.75) is 84.1 Å². The molecule has 232 valence electrons. The molecule has 0 saturated carbocycles. The monoisotopic (exact) mass is 628 g/mol. The Morgan fingerprint density at radius 2 is 1.11 bits per heavy atom. The van der Waals surface area contributed by atoms with Gasteiger partial charge in [0.15, 0.2) is 5.65 Å². The number of imide groups is 1. The Morgan fingerprint density at radius 3 is 1.67 bits per heavy atom. The first-order chi connectivity index (χ1) is 22.4. The summed E-state index contributed by atoms with van der Waals surface area (Å²) in [6, 6.07) is 15.7. The molecule has 0 aliphatic carbocycles. The lowest BCUT2D eigenvalue weighted by Gasteiger charge is -2.34. The van der Waals surface area contributed by atoms with Crippen molar-refractivity contribution in [1.29, 1.82) is 0 Å². The Bertz CT molecular complexity index is 2380. The Morgan fingerprint density at radius 1 is 0.630 bits per heavy atom. The van der Waals surface area contributed by atoms with Crippen molar-refractivity contribution in [3.8, 4) is 0 Å². The van der Waals surface area contributed by atoms with Crippen LogP contribution in [0.15, 0.2) is 53.3 Å². The maximum absolute atomic E-state index is 14.3. The first kappa shape index (κ1) is 29.0. The smallest absolute Gasteiger partial charge is 0.271 e. The zero-order valence-corrected chi connectivity index (χ0v) is 27.1. The van der Waals surface area contributed by atoms with Gasteiger partial charge in [-0.15, -0.1) is 0 Å². The van der Waals surface area contributed by atoms with Crippen molar-refractivity contribution < 1.29 is 9.59 Å². The molecule has 0 radical (unpaired) electrons. The quantitative estimate of drug-likeness (QED) is 0.0507. The number of rotatable bonds is 11. The minimum atomic E-state index is -0.193. The maximum Gasteiger partial charge on any atom is 0.279 e. The fourth-order valence-electron chi connectivity index (χ4n) is 8.08. The lowest BCUT2D eigenvalue weighted by atomic mass is 9.83. The third kappa shape index (κ3) is 4.12. The van der Waals surface area contributed by atoms with E-state index in [0.29, 0.717) is 22.2 Å². The predicted octanol–water partition coefficient (Wildman–Crippen LogP) is 9.30. The lowest BCUT2D eigenvalue weighted by Crippen LogP contribution is -2.47. The molecule has 0 bridgehead atoms. The lowest BCUT2D eigenvalue weighted by molar-refractivity contribution is 0.0517. The number of hydrogen-bond acceptors (Lipinski definition) is 5. The van der Waals surface area contributed by atoms with E-state index in [-0.39, 0.29) is 28.2 Å². The van der Waals surface area contributed by atoms with Crippen LogP contribution in [0, 0.1) is 4.77 Å². The van der Waals surface area contributed by atoms with E-state index in [0.717, 1.165) is 99.8 Å². The molecule has 5 aromatic carbocycles. The highest BCUT2D eigenvalue weighted by Crippen LogP contribution is 2.46. The number of aromatic nitrogens is 3. The van der Waals surface area contributed by atoms with Crippen LogP contribution in [0.5, 0.6) is 0 Å². The van der Waals surface area contributed by atoms with E-state index >= 15 is 0 Å². The fraction of sp³-hybridized carbons (Fsp3) is 0.342. The molecule has 3 heterocycles. The summed E-state index contributed by atoms with van der Waals surface area (Å²) in [6.07, 6.45) is 10.6. The molecule has 0 saturated heterocycles. The number of pyridine rings is 1. The van der Waals surface area contributed by atoms with Crippen LogP contribution in [0.25, 0.3) is 59.5 Å². The summed E-state index contributed by atoms with van der Waals surface area (Å²) in [5.74, 6) is -0.358. The number of nitrogens with zero attached hydrogens (tertiary/aromatic N) is 3. The van der Waals surface area contributed by atoms with Gasteiger partial charge >= 0.3 is 0 Å². The molecule has 8 rings (SSSR count). The third-order valence-corrected chi connectivity index (χ3v) is 10.4. The van der Waals surface area contributed by atoms with Crippen LogP contribution in [0.2, 0.25) is 0 Å². The number of H-pyrrole nitrogens is 1. The second kappa shape index (κ2) is 11.1. The summed E-state index contributed by atoms with van der Waals surface area (Å²) in [5, 5.41) is 11.7. The van der Waals surface area contributed by atoms with E-state index < -0.39 is 0 Å². The molecule has 1 N–H and O–H groups in total. The van der Waals surface area contributed by atoms with Gasteiger partial charge in [-0.25, -0.2) is 0 Å². The standard InChI is InChI=1S/C38H36N4O3S/c1-3-5-7-9-11-21(12-10-8-6-4-2)41-35(43)27-18-14-24-22-13-17-26-32-29(37(45)42-34(26)39-38(46)40-42)20-16-23(30(22)32)25-15-19-28(36(41)44)33(27)31(24)25/h13-21H,3-12H2,1-2H3,(H,40,46). The van der Waals surface area contributed by atoms with Gasteiger partial charge in [0.1, 0.15) is 0 Å². The highest BCUT2D eigenvalue weighted by molar-refractivity contribution is 7.71. The Hall–Kier alpha value is -4.43. The van der Waals surface area contributed by atoms with Crippen LogP contribution >= 0.6 is 12.2 Å². The van der Waals surface area contributed by atoms with Crippen LogP contribution in [-0.4, -0.2) is 37.4 Å². The first-order valence-corrected chi connectivity index (χ1v) is 17.2. The molecule has 7 nitrogen and oxygen atoms in total. The van der Waals surface area contributed by atoms with Crippen LogP contribution in [0.3, 0.4) is 0 Å². The van der Waals surface area contributed by atoms with Crippen LogP contribution in [0.4, 0.5) is 0 Å². The van der Waals surface area contributed by atoms with Crippen LogP contribution in [0.1, 0.15) is 98.8 Å². The zero-order valence-electron chi connectivity index (χ0n) is 26.2. The minimum Gasteiger partial charge on any atom is -0.271 e. The number of nitrogens with one attached hydrogen (secondary N) is 1. The number of amides is 2. The molecule has 7 aromatic rings. The van der Waals surface area contributed by atoms with E-state index in [1.54, 1.807) is 4.90 Å². The number of benzene rings is 5. The highest BCUT2D eigenvalue weighted by atomic mass is 32.1. The summed E-state index contributed by atoms with van der Waals surface area (Å²) in [7, 11) is 0. The average Bonchev–Trinajstić information content (AvgIpc) is 3.47. The van der Waals surface area contributed by atoms with E-state index in [4.69, 9.17) is 12.2 Å². The molecule has 1 aliphatic rings. The van der Waals surface area contributed by atoms with Crippen molar-refractivity contribution in [3.05, 3.63) is 74.8 Å². The molecule has 8 heteroatoms. The number of unbranched alkanes of at least 4 members (excludes halogenated alkanes) is 6. The van der Waals surface area contributed by atoms with Gasteiger partial charge in [0.25, 0.3) is 17.4 Å². The Labute approximate surface area is 270 Å². The topological polar surface area (TPSA) is 87.5 Å². The van der Waals surface area contributed by atoms with Gasteiger partial charge < -0.3 is 0 Å². The molecule has 0 unspecified atom stereocenters. The number of aromatic amines is 1. The summed E-state index contributed by atoms with van der Waals surface area (Å²) in [6.45, 7) is 4.40. The summed E-state index contributed by atoms with van der Waals surface area (Å²) in [5.41, 5.74) is 1.52. The second-order valence-corrected chi connectivity index (χ2v) is 13.4. The van der Waals surface area contributed by atoms with E-state index in [9.17, 15) is 14.4 Å². The predicted molar refractivity (Wildman–Crippen MR) is 188 cm³/mol. The largest absolute Gasteiger partial charge is 0.279 e. The fourth-order valence-corrected chi connectivity index (χ4v) is 8.25. The maximum atomic E-state index is 14.3. The van der Waals surface area contributed by atoms with Crippen LogP contribution < -0.4 is 5.56 Å². The number of fused-ring (bicyclic) bond motifs is 4. The summed E-state index contributed by atoms with van der Waals surface area (Å²) < 4.78 is 1.69. The van der Waals surface area contributed by atoms with Gasteiger partial charge in [-0.3, -0.25) is 24.4 Å². The van der Waals surface area contributed by atoms with Gasteiger partial charge in [0, 0.05) is 33.3 Å². The molecule has 0 fully saturated rings. The van der Waals surface area contributed by atoms with E-state index in [1.165, 1.54) is 17.4 Å². The SMILES string of the molecule is CCCCCCC(CCCCCC)N1C(=O)c2ccc3c4ccc5c(=O)n6[nH]c(=S)nc6c6ccc(c7ccc(c2c37)C1=O)c4c56. The van der Waals surface area contributed by atoms with Crippen molar-refractivity contribution in [2.75, 3.05) is 0 Å². The zero-order chi connectivity index (χ0) is 31.7. The van der Waals surface area contributed by atoms with Crippen molar-refractivity contribution in [1.82, 2.24) is 19.5 Å². The molecule has 0 atom stereocenters. The van der Waals surface area contributed by atoms with E-state index in [1.807, 2.05) is 42.5 Å². The van der Waals surface area contributed by atoms with Gasteiger partial charge in [0.05, 0.1) is 5.39 Å². The molecule has 46 heavy (non-hydrogen) atoms. The molecule has 2 amide bonds. The highest BCUT2D eigenvalue weighted by Gasteiger charge is 2.38. The summed E-state index contributed by atoms with van der Waals surface area (Å²) >= 11 is 5.28. The third-order valence-electron chi connectivity index (χ3n) is 10.2. The van der Waals surface area contributed by atoms with Gasteiger partial charge in [-0.1, -0.05) is 89.5 Å². The Balaban J connectivity index is 1.32. The van der Waals surface area contributed by atoms with Crippen LogP contribution in [-0.2, 0) is 0 Å². The minimum absolute atomic E-state index is 0.0981. The average molecular weight is 629 g/mol. The summed E-state index contributed by atoms with van der Waals surface area (Å²) in [4.78, 5) is 48.3. The number of hydrogen-bond donors (Lipinski definition) is 1. The van der Waals surface area contributed by atoms with Crippen molar-refractivity contribution >= 4 is 83.5 Å². The molecular weight excluding hydrogens is 593 g/mol.